The third-order valence-corrected chi connectivity index (χ3v) is 3.84. The van der Waals surface area contributed by atoms with Crippen molar-refractivity contribution in [2.24, 2.45) is 5.73 Å². The summed E-state index contributed by atoms with van der Waals surface area (Å²) in [7, 11) is 0.0312. The second-order valence-electron chi connectivity index (χ2n) is 4.81. The molecule has 0 aliphatic heterocycles. The predicted molar refractivity (Wildman–Crippen MR) is 75.2 cm³/mol. The number of urea groups is 1. The molecule has 1 aromatic rings. The van der Waals surface area contributed by atoms with E-state index in [-0.39, 0.29) is 34.6 Å². The monoisotopic (exact) mass is 374 g/mol. The van der Waals surface area contributed by atoms with E-state index in [1.165, 1.54) is 0 Å². The van der Waals surface area contributed by atoms with Gasteiger partial charge in [-0.2, -0.15) is 0 Å². The summed E-state index contributed by atoms with van der Waals surface area (Å²) in [6.07, 6.45) is -0.356. The lowest BCUT2D eigenvalue weighted by Crippen LogP contribution is -2.38. The van der Waals surface area contributed by atoms with Gasteiger partial charge in [0.25, 0.3) is 5.97 Å². The largest absolute Gasteiger partial charge is 0.381 e. The van der Waals surface area contributed by atoms with Crippen LogP contribution in [0.5, 0.6) is 0 Å². The molecule has 1 rings (SSSR count). The molecule has 0 radical (unpaired) electrons. The molecule has 0 aliphatic rings. The molecule has 0 aromatic heterocycles. The molecule has 6 nitrogen and oxygen atoms in total. The maximum absolute atomic E-state index is 13.7. The molecule has 0 heterocycles. The standard InChI is InChI=1S/C12H15F5N2O4Si/c13-5-6(14)8(16)10(9(17)7(5)15)19(11(18)20)4-2-1-3-12(21,22)23-24/h21-22H,1-4H2,24H3,(H2,18,20). The zero-order valence-electron chi connectivity index (χ0n) is 12.5. The first-order valence-electron chi connectivity index (χ1n) is 6.61. The summed E-state index contributed by atoms with van der Waals surface area (Å²) >= 11 is 0. The number of hydrogen-bond donors (Lipinski definition) is 3. The first kappa shape index (κ1) is 20.3. The summed E-state index contributed by atoms with van der Waals surface area (Å²) < 4.78 is 71.3. The van der Waals surface area contributed by atoms with E-state index in [1.807, 2.05) is 0 Å². The van der Waals surface area contributed by atoms with Crippen LogP contribution < -0.4 is 10.6 Å². The zero-order chi connectivity index (χ0) is 18.7. The van der Waals surface area contributed by atoms with Gasteiger partial charge < -0.3 is 20.4 Å². The van der Waals surface area contributed by atoms with E-state index in [4.69, 9.17) is 5.73 Å². The minimum atomic E-state index is -2.38. The summed E-state index contributed by atoms with van der Waals surface area (Å²) in [5.74, 6) is -13.5. The molecule has 0 fully saturated rings. The van der Waals surface area contributed by atoms with Crippen molar-refractivity contribution >= 4 is 22.2 Å². The van der Waals surface area contributed by atoms with Crippen LogP contribution >= 0.6 is 0 Å². The van der Waals surface area contributed by atoms with E-state index in [1.54, 1.807) is 0 Å². The van der Waals surface area contributed by atoms with E-state index in [9.17, 15) is 37.0 Å². The highest BCUT2D eigenvalue weighted by atomic mass is 28.2. The van der Waals surface area contributed by atoms with Crippen molar-refractivity contribution in [3.05, 3.63) is 29.1 Å². The number of amides is 2. The summed E-state index contributed by atoms with van der Waals surface area (Å²) in [5, 5.41) is 18.4. The number of halogens is 5. The maximum Gasteiger partial charge on any atom is 0.319 e. The normalized spacial score (nSPS) is 11.8. The van der Waals surface area contributed by atoms with Crippen LogP contribution in [0.2, 0.25) is 0 Å². The zero-order valence-corrected chi connectivity index (χ0v) is 14.5. The molecule has 0 aliphatic carbocycles. The van der Waals surface area contributed by atoms with Crippen LogP contribution in [0.25, 0.3) is 0 Å². The Bertz CT molecular complexity index is 603. The van der Waals surface area contributed by atoms with Crippen molar-refractivity contribution in [3.8, 4) is 0 Å². The average Bonchev–Trinajstić information content (AvgIpc) is 2.53. The van der Waals surface area contributed by atoms with Gasteiger partial charge in [-0.1, -0.05) is 0 Å². The van der Waals surface area contributed by atoms with Crippen molar-refractivity contribution in [2.75, 3.05) is 11.4 Å². The number of carbonyl (C=O) groups is 1. The van der Waals surface area contributed by atoms with Crippen LogP contribution in [0.15, 0.2) is 0 Å². The number of hydrogen-bond acceptors (Lipinski definition) is 4. The van der Waals surface area contributed by atoms with E-state index >= 15 is 0 Å². The van der Waals surface area contributed by atoms with E-state index in [2.05, 4.69) is 4.43 Å². The van der Waals surface area contributed by atoms with Gasteiger partial charge in [-0.3, -0.25) is 4.90 Å². The van der Waals surface area contributed by atoms with Crippen LogP contribution in [0.3, 0.4) is 0 Å². The van der Waals surface area contributed by atoms with Crippen molar-refractivity contribution in [1.82, 2.24) is 0 Å². The molecule has 1 aromatic carbocycles. The van der Waals surface area contributed by atoms with Gasteiger partial charge in [0.2, 0.25) is 5.82 Å². The Morgan fingerprint density at radius 1 is 1.04 bits per heavy atom. The molecule has 0 bridgehead atoms. The van der Waals surface area contributed by atoms with Gasteiger partial charge in [-0.15, -0.1) is 0 Å². The fraction of sp³-hybridized carbons (Fsp3) is 0.417. The molecule has 24 heavy (non-hydrogen) atoms. The lowest BCUT2D eigenvalue weighted by molar-refractivity contribution is -0.295. The number of nitrogens with two attached hydrogens (primary N) is 1. The minimum Gasteiger partial charge on any atom is -0.381 e. The number of nitrogens with zero attached hydrogens (tertiary/aromatic N) is 1. The molecule has 0 saturated carbocycles. The lowest BCUT2D eigenvalue weighted by Gasteiger charge is -2.23. The highest BCUT2D eigenvalue weighted by molar-refractivity contribution is 5.98. The first-order valence-corrected chi connectivity index (χ1v) is 7.43. The highest BCUT2D eigenvalue weighted by Gasteiger charge is 2.31. The molecule has 0 spiro atoms. The van der Waals surface area contributed by atoms with Crippen LogP contribution in [0.1, 0.15) is 19.3 Å². The van der Waals surface area contributed by atoms with Crippen molar-refractivity contribution in [1.29, 1.82) is 0 Å². The van der Waals surface area contributed by atoms with Gasteiger partial charge in [-0.25, -0.2) is 26.7 Å². The van der Waals surface area contributed by atoms with Crippen LogP contribution in [0, 0.1) is 29.1 Å². The van der Waals surface area contributed by atoms with Crippen molar-refractivity contribution in [3.63, 3.8) is 0 Å². The Kier molecular flexibility index (Phi) is 6.65. The van der Waals surface area contributed by atoms with E-state index < -0.39 is 53.3 Å². The maximum atomic E-state index is 13.7. The summed E-state index contributed by atoms with van der Waals surface area (Å²) in [4.78, 5) is 11.5. The predicted octanol–water partition coefficient (Wildman–Crippen LogP) is 0.373. The Morgan fingerprint density at radius 3 is 1.92 bits per heavy atom. The molecule has 4 N–H and O–H groups in total. The summed E-state index contributed by atoms with van der Waals surface area (Å²) in [6, 6.07) is -1.43. The van der Waals surface area contributed by atoms with Gasteiger partial charge >= 0.3 is 6.03 Å². The van der Waals surface area contributed by atoms with Gasteiger partial charge in [0.05, 0.1) is 0 Å². The minimum absolute atomic E-state index is 0.00835. The fourth-order valence-electron chi connectivity index (χ4n) is 1.89. The van der Waals surface area contributed by atoms with Crippen molar-refractivity contribution < 1.29 is 41.4 Å². The third-order valence-electron chi connectivity index (χ3n) is 3.18. The molecule has 0 saturated heterocycles. The van der Waals surface area contributed by atoms with E-state index in [0.29, 0.717) is 0 Å². The number of carbonyl (C=O) groups excluding carboxylic acids is 1. The van der Waals surface area contributed by atoms with Gasteiger partial charge in [0.15, 0.2) is 33.8 Å². The van der Waals surface area contributed by atoms with E-state index in [0.717, 1.165) is 0 Å². The molecular weight excluding hydrogens is 359 g/mol. The molecule has 0 atom stereocenters. The number of primary amides is 1. The number of rotatable bonds is 7. The number of aliphatic hydroxyl groups is 2. The number of unbranched alkanes of at least 4 members (excludes halogenated alkanes) is 1. The summed E-state index contributed by atoms with van der Waals surface area (Å²) in [5.41, 5.74) is 3.48. The quantitative estimate of drug-likeness (QED) is 0.161. The Balaban J connectivity index is 3.01. The van der Waals surface area contributed by atoms with Gasteiger partial charge in [0.1, 0.15) is 5.69 Å². The SMILES string of the molecule is NC(=O)N(CCCCC(O)(O)O[SiH3])c1c(F)c(F)c(F)c(F)c1F. The Labute approximate surface area is 136 Å². The molecule has 12 heteroatoms. The second kappa shape index (κ2) is 7.87. The Hall–Kier alpha value is -1.76. The van der Waals surface area contributed by atoms with Crippen molar-refractivity contribution in [2.45, 2.75) is 25.2 Å². The molecular formula is C12H15F5N2O4Si. The summed E-state index contributed by atoms with van der Waals surface area (Å²) in [6.45, 7) is -0.509. The third kappa shape index (κ3) is 4.40. The van der Waals surface area contributed by atoms with Crippen LogP contribution in [0.4, 0.5) is 32.4 Å². The first-order chi connectivity index (χ1) is 11.0. The van der Waals surface area contributed by atoms with Crippen LogP contribution in [-0.2, 0) is 4.43 Å². The second-order valence-corrected chi connectivity index (χ2v) is 5.22. The number of anilines is 1. The van der Waals surface area contributed by atoms with Gasteiger partial charge in [-0.05, 0) is 12.8 Å². The smallest absolute Gasteiger partial charge is 0.319 e. The number of benzene rings is 1. The molecule has 2 amide bonds. The topological polar surface area (TPSA) is 96.0 Å². The van der Waals surface area contributed by atoms with Gasteiger partial charge in [0, 0.05) is 13.0 Å². The lowest BCUT2D eigenvalue weighted by atomic mass is 10.2. The Morgan fingerprint density at radius 2 is 1.50 bits per heavy atom. The highest BCUT2D eigenvalue weighted by Crippen LogP contribution is 2.30. The fourth-order valence-corrected chi connectivity index (χ4v) is 2.09. The molecule has 0 unspecified atom stereocenters. The average molecular weight is 374 g/mol. The molecule has 136 valence electrons. The van der Waals surface area contributed by atoms with Crippen LogP contribution in [-0.4, -0.2) is 39.2 Å².